The lowest BCUT2D eigenvalue weighted by Gasteiger charge is -2.35. The van der Waals surface area contributed by atoms with Gasteiger partial charge in [0.1, 0.15) is 0 Å². The molecule has 0 amide bonds. The molecular weight excluding hydrogens is 250 g/mol. The molecule has 0 aliphatic carbocycles. The van der Waals surface area contributed by atoms with Crippen molar-refractivity contribution in [3.63, 3.8) is 0 Å². The molecule has 0 aromatic carbocycles. The number of aromatic nitrogens is 2. The van der Waals surface area contributed by atoms with Crippen molar-refractivity contribution >= 4 is 5.95 Å². The first kappa shape index (κ1) is 15.2. The number of piperidine rings is 1. The second kappa shape index (κ2) is 6.99. The summed E-state index contributed by atoms with van der Waals surface area (Å²) in [4.78, 5) is 13.6. The highest BCUT2D eigenvalue weighted by molar-refractivity contribution is 5.30. The van der Waals surface area contributed by atoms with Gasteiger partial charge in [0.25, 0.3) is 0 Å². The fourth-order valence-corrected chi connectivity index (χ4v) is 2.63. The van der Waals surface area contributed by atoms with Gasteiger partial charge in [-0.25, -0.2) is 9.97 Å². The number of rotatable bonds is 5. The summed E-state index contributed by atoms with van der Waals surface area (Å²) in [7, 11) is 4.28. The zero-order chi connectivity index (χ0) is 14.5. The van der Waals surface area contributed by atoms with E-state index in [4.69, 9.17) is 5.73 Å². The van der Waals surface area contributed by atoms with Crippen LogP contribution in [0.5, 0.6) is 0 Å². The number of likely N-dealkylation sites (tertiary alicyclic amines) is 1. The smallest absolute Gasteiger partial charge is 0.225 e. The number of nitrogens with zero attached hydrogens (tertiary/aromatic N) is 4. The molecule has 0 saturated carbocycles. The van der Waals surface area contributed by atoms with E-state index in [1.54, 1.807) is 0 Å². The number of nitrogens with two attached hydrogens (primary N) is 1. The molecule has 2 rings (SSSR count). The Morgan fingerprint density at radius 3 is 2.50 bits per heavy atom. The quantitative estimate of drug-likeness (QED) is 0.879. The largest absolute Gasteiger partial charge is 0.341 e. The Balaban J connectivity index is 1.95. The molecule has 0 spiro atoms. The van der Waals surface area contributed by atoms with Crippen LogP contribution >= 0.6 is 0 Å². The highest BCUT2D eigenvalue weighted by atomic mass is 15.3. The third kappa shape index (κ3) is 3.90. The lowest BCUT2D eigenvalue weighted by Crippen LogP contribution is -2.42. The Morgan fingerprint density at radius 2 is 1.95 bits per heavy atom. The normalized spacial score (nSPS) is 19.0. The van der Waals surface area contributed by atoms with Gasteiger partial charge in [-0.2, -0.15) is 0 Å². The summed E-state index contributed by atoms with van der Waals surface area (Å²) in [6, 6.07) is 0.756. The molecule has 1 aromatic rings. The maximum Gasteiger partial charge on any atom is 0.225 e. The van der Waals surface area contributed by atoms with Gasteiger partial charge in [-0.15, -0.1) is 0 Å². The molecule has 1 unspecified atom stereocenters. The van der Waals surface area contributed by atoms with Gasteiger partial charge in [0, 0.05) is 31.5 Å². The van der Waals surface area contributed by atoms with Crippen LogP contribution in [0.15, 0.2) is 12.4 Å². The summed E-state index contributed by atoms with van der Waals surface area (Å²) in [5.74, 6) is 0.827. The molecule has 1 saturated heterocycles. The van der Waals surface area contributed by atoms with Crippen LogP contribution in [-0.4, -0.2) is 54.1 Å². The van der Waals surface area contributed by atoms with Crippen molar-refractivity contribution in [1.29, 1.82) is 0 Å². The molecule has 5 heteroatoms. The Bertz CT molecular complexity index is 397. The van der Waals surface area contributed by atoms with Crippen molar-refractivity contribution in [2.75, 3.05) is 32.1 Å². The minimum Gasteiger partial charge on any atom is -0.341 e. The predicted octanol–water partition coefficient (Wildman–Crippen LogP) is 1.29. The Hall–Kier alpha value is -1.20. The summed E-state index contributed by atoms with van der Waals surface area (Å²) in [6.07, 6.45) is 8.04. The lowest BCUT2D eigenvalue weighted by atomic mass is 10.0. The third-order valence-corrected chi connectivity index (χ3v) is 4.27. The Kier molecular flexibility index (Phi) is 5.31. The maximum atomic E-state index is 5.96. The molecule has 1 aliphatic rings. The zero-order valence-corrected chi connectivity index (χ0v) is 12.9. The van der Waals surface area contributed by atoms with Gasteiger partial charge in [-0.3, -0.25) is 0 Å². The van der Waals surface area contributed by atoms with Crippen molar-refractivity contribution in [2.24, 2.45) is 5.73 Å². The van der Waals surface area contributed by atoms with Crippen LogP contribution in [0.3, 0.4) is 0 Å². The van der Waals surface area contributed by atoms with Gasteiger partial charge in [-0.1, -0.05) is 6.92 Å². The first-order valence-electron chi connectivity index (χ1n) is 7.58. The van der Waals surface area contributed by atoms with E-state index in [9.17, 15) is 0 Å². The molecule has 1 aliphatic heterocycles. The van der Waals surface area contributed by atoms with Crippen LogP contribution in [0.1, 0.15) is 31.7 Å². The highest BCUT2D eigenvalue weighted by Crippen LogP contribution is 2.18. The fraction of sp³-hybridized carbons (Fsp3) is 0.733. The predicted molar refractivity (Wildman–Crippen MR) is 82.9 cm³/mol. The molecule has 2 heterocycles. The van der Waals surface area contributed by atoms with Crippen LogP contribution in [0.2, 0.25) is 0 Å². The van der Waals surface area contributed by atoms with Gasteiger partial charge >= 0.3 is 0 Å². The Morgan fingerprint density at radius 1 is 1.35 bits per heavy atom. The average Bonchev–Trinajstić information content (AvgIpc) is 2.48. The SMILES string of the molecule is CCC(N)Cc1cnc(N(C)C2CCN(C)CC2)nc1. The number of anilines is 1. The molecule has 1 aromatic heterocycles. The van der Waals surface area contributed by atoms with E-state index >= 15 is 0 Å². The third-order valence-electron chi connectivity index (χ3n) is 4.27. The summed E-state index contributed by atoms with van der Waals surface area (Å²) in [5.41, 5.74) is 7.09. The highest BCUT2D eigenvalue weighted by Gasteiger charge is 2.22. The van der Waals surface area contributed by atoms with E-state index in [0.717, 1.165) is 37.4 Å². The molecule has 112 valence electrons. The van der Waals surface area contributed by atoms with Crippen molar-refractivity contribution in [3.05, 3.63) is 18.0 Å². The topological polar surface area (TPSA) is 58.3 Å². The lowest BCUT2D eigenvalue weighted by molar-refractivity contribution is 0.252. The minimum absolute atomic E-state index is 0.205. The van der Waals surface area contributed by atoms with Gasteiger partial charge in [0.05, 0.1) is 0 Å². The molecule has 2 N–H and O–H groups in total. The maximum absolute atomic E-state index is 5.96. The molecule has 0 bridgehead atoms. The average molecular weight is 277 g/mol. The number of hydrogen-bond donors (Lipinski definition) is 1. The van der Waals surface area contributed by atoms with E-state index in [1.165, 1.54) is 12.8 Å². The van der Waals surface area contributed by atoms with Crippen LogP contribution in [0, 0.1) is 0 Å². The van der Waals surface area contributed by atoms with Gasteiger partial charge in [0.2, 0.25) is 5.95 Å². The van der Waals surface area contributed by atoms with Crippen molar-refractivity contribution in [3.8, 4) is 0 Å². The first-order chi connectivity index (χ1) is 9.60. The molecule has 5 nitrogen and oxygen atoms in total. The summed E-state index contributed by atoms with van der Waals surface area (Å²) in [6.45, 7) is 4.41. The monoisotopic (exact) mass is 277 g/mol. The van der Waals surface area contributed by atoms with Crippen LogP contribution in [0.4, 0.5) is 5.95 Å². The summed E-state index contributed by atoms with van der Waals surface area (Å²) >= 11 is 0. The molecule has 1 fully saturated rings. The standard InChI is InChI=1S/C15H27N5/c1-4-13(16)9-12-10-17-15(18-11-12)20(3)14-5-7-19(2)8-6-14/h10-11,13-14H,4-9,16H2,1-3H3. The van der Waals surface area contributed by atoms with Crippen molar-refractivity contribution in [2.45, 2.75) is 44.7 Å². The second-order valence-electron chi connectivity index (χ2n) is 5.91. The second-order valence-corrected chi connectivity index (χ2v) is 5.91. The Labute approximate surface area is 122 Å². The van der Waals surface area contributed by atoms with Crippen molar-refractivity contribution in [1.82, 2.24) is 14.9 Å². The van der Waals surface area contributed by atoms with E-state index < -0.39 is 0 Å². The minimum atomic E-state index is 0.205. The molecule has 0 radical (unpaired) electrons. The van der Waals surface area contributed by atoms with Crippen molar-refractivity contribution < 1.29 is 0 Å². The van der Waals surface area contributed by atoms with E-state index in [2.05, 4.69) is 40.8 Å². The van der Waals surface area contributed by atoms with Crippen LogP contribution < -0.4 is 10.6 Å². The molecule has 1 atom stereocenters. The zero-order valence-electron chi connectivity index (χ0n) is 12.9. The van der Waals surface area contributed by atoms with Crippen LogP contribution in [0.25, 0.3) is 0 Å². The van der Waals surface area contributed by atoms with Crippen LogP contribution in [-0.2, 0) is 6.42 Å². The summed E-state index contributed by atoms with van der Waals surface area (Å²) < 4.78 is 0. The molecule has 20 heavy (non-hydrogen) atoms. The summed E-state index contributed by atoms with van der Waals surface area (Å²) in [5, 5.41) is 0. The van der Waals surface area contributed by atoms with E-state index in [-0.39, 0.29) is 6.04 Å². The van der Waals surface area contributed by atoms with Gasteiger partial charge in [0.15, 0.2) is 0 Å². The first-order valence-corrected chi connectivity index (χ1v) is 7.58. The van der Waals surface area contributed by atoms with Gasteiger partial charge in [-0.05, 0) is 51.4 Å². The number of hydrogen-bond acceptors (Lipinski definition) is 5. The van der Waals surface area contributed by atoms with Gasteiger partial charge < -0.3 is 15.5 Å². The van der Waals surface area contributed by atoms with E-state index in [0.29, 0.717) is 6.04 Å². The fourth-order valence-electron chi connectivity index (χ4n) is 2.63. The molecular formula is C15H27N5. The van der Waals surface area contributed by atoms with E-state index in [1.807, 2.05) is 12.4 Å².